The van der Waals surface area contributed by atoms with Crippen LogP contribution in [0.2, 0.25) is 0 Å². The van der Waals surface area contributed by atoms with E-state index in [4.69, 9.17) is 4.42 Å². The summed E-state index contributed by atoms with van der Waals surface area (Å²) in [6.45, 7) is 0.735. The molecule has 0 bridgehead atoms. The number of aromatic nitrogens is 4. The van der Waals surface area contributed by atoms with Gasteiger partial charge in [0, 0.05) is 43.9 Å². The highest BCUT2D eigenvalue weighted by Gasteiger charge is 2.25. The summed E-state index contributed by atoms with van der Waals surface area (Å²) in [5.41, 5.74) is 2.01. The number of benzene rings is 1. The van der Waals surface area contributed by atoms with Crippen LogP contribution in [0.15, 0.2) is 78.1 Å². The normalized spacial score (nSPS) is 10.8. The number of pyridine rings is 1. The largest absolute Gasteiger partial charge is 0.443 e. The molecular weight excluding hydrogens is 354 g/mol. The fourth-order valence-electron chi connectivity index (χ4n) is 2.97. The van der Waals surface area contributed by atoms with Crippen LogP contribution >= 0.6 is 0 Å². The van der Waals surface area contributed by atoms with Crippen LogP contribution in [0.4, 0.5) is 0 Å². The number of carbonyl (C=O) groups is 1. The van der Waals surface area contributed by atoms with E-state index < -0.39 is 0 Å². The van der Waals surface area contributed by atoms with Crippen LogP contribution in [0.3, 0.4) is 0 Å². The molecule has 7 heteroatoms. The van der Waals surface area contributed by atoms with Gasteiger partial charge in [-0.15, -0.1) is 0 Å². The number of nitrogens with zero attached hydrogens (tertiary/aromatic N) is 5. The number of imidazole rings is 1. The van der Waals surface area contributed by atoms with Gasteiger partial charge in [0.2, 0.25) is 0 Å². The van der Waals surface area contributed by atoms with Crippen LogP contribution < -0.4 is 0 Å². The van der Waals surface area contributed by atoms with Crippen molar-refractivity contribution in [1.29, 1.82) is 0 Å². The maximum absolute atomic E-state index is 13.4. The van der Waals surface area contributed by atoms with Crippen molar-refractivity contribution in [3.05, 3.63) is 90.7 Å². The van der Waals surface area contributed by atoms with Gasteiger partial charge in [-0.1, -0.05) is 36.4 Å². The summed E-state index contributed by atoms with van der Waals surface area (Å²) in [4.78, 5) is 27.8. The molecule has 0 aliphatic rings. The Morgan fingerprint density at radius 3 is 2.64 bits per heavy atom. The molecule has 0 radical (unpaired) electrons. The van der Waals surface area contributed by atoms with E-state index in [1.165, 1.54) is 6.39 Å². The summed E-state index contributed by atoms with van der Waals surface area (Å²) in [6.07, 6.45) is 8.33. The SMILES string of the molecule is Cn1ccnc1CN(Cc1cccnc1)C(=O)c1ncoc1-c1ccccc1. The molecule has 0 spiro atoms. The van der Waals surface area contributed by atoms with E-state index in [-0.39, 0.29) is 11.6 Å². The van der Waals surface area contributed by atoms with E-state index in [0.29, 0.717) is 18.8 Å². The predicted molar refractivity (Wildman–Crippen MR) is 103 cm³/mol. The highest BCUT2D eigenvalue weighted by Crippen LogP contribution is 2.25. The minimum atomic E-state index is -0.223. The van der Waals surface area contributed by atoms with Crippen LogP contribution in [-0.4, -0.2) is 30.3 Å². The Hall–Kier alpha value is -3.74. The molecule has 4 rings (SSSR count). The number of amides is 1. The van der Waals surface area contributed by atoms with Gasteiger partial charge in [0.1, 0.15) is 5.82 Å². The monoisotopic (exact) mass is 373 g/mol. The molecule has 0 fully saturated rings. The summed E-state index contributed by atoms with van der Waals surface area (Å²) in [6, 6.07) is 13.3. The molecule has 0 N–H and O–H groups in total. The van der Waals surface area contributed by atoms with Crippen LogP contribution in [0, 0.1) is 0 Å². The second-order valence-corrected chi connectivity index (χ2v) is 6.37. The molecule has 4 aromatic rings. The summed E-state index contributed by atoms with van der Waals surface area (Å²) in [5, 5.41) is 0. The maximum Gasteiger partial charge on any atom is 0.277 e. The molecule has 28 heavy (non-hydrogen) atoms. The van der Waals surface area contributed by atoms with Crippen molar-refractivity contribution in [2.75, 3.05) is 0 Å². The Balaban J connectivity index is 1.67. The van der Waals surface area contributed by atoms with E-state index in [9.17, 15) is 4.79 Å². The fraction of sp³-hybridized carbons (Fsp3) is 0.143. The zero-order valence-corrected chi connectivity index (χ0v) is 15.4. The molecule has 3 aromatic heterocycles. The van der Waals surface area contributed by atoms with E-state index in [1.54, 1.807) is 23.5 Å². The van der Waals surface area contributed by atoms with Gasteiger partial charge in [0.25, 0.3) is 5.91 Å². The average molecular weight is 373 g/mol. The molecule has 1 amide bonds. The van der Waals surface area contributed by atoms with Gasteiger partial charge in [0.05, 0.1) is 6.54 Å². The molecule has 0 saturated carbocycles. The lowest BCUT2D eigenvalue weighted by Crippen LogP contribution is -2.31. The van der Waals surface area contributed by atoms with Gasteiger partial charge >= 0.3 is 0 Å². The quantitative estimate of drug-likeness (QED) is 0.518. The molecule has 7 nitrogen and oxygen atoms in total. The number of aryl methyl sites for hydroxylation is 1. The number of rotatable bonds is 6. The molecule has 0 atom stereocenters. The third kappa shape index (κ3) is 3.68. The lowest BCUT2D eigenvalue weighted by Gasteiger charge is -2.22. The minimum Gasteiger partial charge on any atom is -0.443 e. The number of oxazole rings is 1. The van der Waals surface area contributed by atoms with Crippen LogP contribution in [0.1, 0.15) is 21.9 Å². The van der Waals surface area contributed by atoms with Gasteiger partial charge < -0.3 is 13.9 Å². The van der Waals surface area contributed by atoms with Gasteiger partial charge in [-0.3, -0.25) is 9.78 Å². The highest BCUT2D eigenvalue weighted by molar-refractivity contribution is 5.97. The first kappa shape index (κ1) is 17.7. The van der Waals surface area contributed by atoms with Crippen molar-refractivity contribution in [2.24, 2.45) is 7.05 Å². The standard InChI is InChI=1S/C21H19N5O2/c1-25-11-10-23-18(25)14-26(13-16-6-5-9-22-12-16)21(27)19-20(28-15-24-19)17-7-3-2-4-8-17/h2-12,15H,13-14H2,1H3. The van der Waals surface area contributed by atoms with E-state index in [0.717, 1.165) is 17.0 Å². The van der Waals surface area contributed by atoms with Crippen LogP contribution in [0.5, 0.6) is 0 Å². The van der Waals surface area contributed by atoms with Crippen molar-refractivity contribution in [3.8, 4) is 11.3 Å². The molecule has 0 unspecified atom stereocenters. The van der Waals surface area contributed by atoms with Gasteiger partial charge in [-0.25, -0.2) is 9.97 Å². The highest BCUT2D eigenvalue weighted by atomic mass is 16.3. The maximum atomic E-state index is 13.4. The number of hydrogen-bond donors (Lipinski definition) is 0. The summed E-state index contributed by atoms with van der Waals surface area (Å²) in [5.74, 6) is 1.02. The van der Waals surface area contributed by atoms with Gasteiger partial charge in [-0.05, 0) is 11.6 Å². The van der Waals surface area contributed by atoms with Crippen LogP contribution in [0.25, 0.3) is 11.3 Å². The van der Waals surface area contributed by atoms with E-state index >= 15 is 0 Å². The predicted octanol–water partition coefficient (Wildman–Crippen LogP) is 3.31. The molecule has 0 saturated heterocycles. The molecule has 140 valence electrons. The Bertz CT molecular complexity index is 1060. The van der Waals surface area contributed by atoms with Crippen molar-refractivity contribution >= 4 is 5.91 Å². The Labute approximate surface area is 162 Å². The average Bonchev–Trinajstić information content (AvgIpc) is 3.38. The number of hydrogen-bond acceptors (Lipinski definition) is 5. The fourth-order valence-corrected chi connectivity index (χ4v) is 2.97. The lowest BCUT2D eigenvalue weighted by atomic mass is 10.1. The zero-order chi connectivity index (χ0) is 19.3. The first-order chi connectivity index (χ1) is 13.7. The first-order valence-corrected chi connectivity index (χ1v) is 8.85. The van der Waals surface area contributed by atoms with Crippen molar-refractivity contribution in [3.63, 3.8) is 0 Å². The van der Waals surface area contributed by atoms with Gasteiger partial charge in [0.15, 0.2) is 17.8 Å². The summed E-state index contributed by atoms with van der Waals surface area (Å²) in [7, 11) is 1.90. The molecule has 1 aromatic carbocycles. The smallest absolute Gasteiger partial charge is 0.277 e. The van der Waals surface area contributed by atoms with Gasteiger partial charge in [-0.2, -0.15) is 0 Å². The van der Waals surface area contributed by atoms with E-state index in [2.05, 4.69) is 15.0 Å². The van der Waals surface area contributed by atoms with Crippen molar-refractivity contribution in [1.82, 2.24) is 24.4 Å². The molecular formula is C21H19N5O2. The third-order valence-electron chi connectivity index (χ3n) is 4.44. The Morgan fingerprint density at radius 1 is 1.07 bits per heavy atom. The topological polar surface area (TPSA) is 77.1 Å². The van der Waals surface area contributed by atoms with Crippen molar-refractivity contribution < 1.29 is 9.21 Å². The van der Waals surface area contributed by atoms with Crippen molar-refractivity contribution in [2.45, 2.75) is 13.1 Å². The number of carbonyl (C=O) groups excluding carboxylic acids is 1. The molecule has 0 aliphatic carbocycles. The zero-order valence-electron chi connectivity index (χ0n) is 15.4. The summed E-state index contributed by atoms with van der Waals surface area (Å²) < 4.78 is 7.43. The lowest BCUT2D eigenvalue weighted by molar-refractivity contribution is 0.0719. The second kappa shape index (κ2) is 7.87. The van der Waals surface area contributed by atoms with E-state index in [1.807, 2.05) is 60.3 Å². The third-order valence-corrected chi connectivity index (χ3v) is 4.44. The Morgan fingerprint density at radius 2 is 1.93 bits per heavy atom. The molecule has 0 aliphatic heterocycles. The summed E-state index contributed by atoms with van der Waals surface area (Å²) >= 11 is 0. The Kier molecular flexibility index (Phi) is 4.97. The first-order valence-electron chi connectivity index (χ1n) is 8.85. The van der Waals surface area contributed by atoms with Crippen LogP contribution in [-0.2, 0) is 20.1 Å². The second-order valence-electron chi connectivity index (χ2n) is 6.37. The minimum absolute atomic E-state index is 0.223. The molecule has 3 heterocycles.